The summed E-state index contributed by atoms with van der Waals surface area (Å²) in [5.74, 6) is 0.854. The maximum atomic E-state index is 12.3. The lowest BCUT2D eigenvalue weighted by Crippen LogP contribution is -2.10. The zero-order valence-electron chi connectivity index (χ0n) is 15.0. The van der Waals surface area contributed by atoms with Crippen LogP contribution in [0.2, 0.25) is 5.02 Å². The van der Waals surface area contributed by atoms with E-state index in [0.29, 0.717) is 16.6 Å². The van der Waals surface area contributed by atoms with Crippen molar-refractivity contribution in [3.05, 3.63) is 58.4 Å². The number of carbonyl (C=O) groups excluding carboxylic acids is 1. The van der Waals surface area contributed by atoms with Gasteiger partial charge < -0.3 is 14.5 Å². The molecule has 2 aromatic heterocycles. The highest BCUT2D eigenvalue weighted by Crippen LogP contribution is 2.37. The average Bonchev–Trinajstić information content (AvgIpc) is 2.98. The summed E-state index contributed by atoms with van der Waals surface area (Å²) in [6.45, 7) is 5.80. The number of aryl methyl sites for hydroxylation is 2. The van der Waals surface area contributed by atoms with Gasteiger partial charge in [0.25, 0.3) is 0 Å². The molecule has 0 fully saturated rings. The van der Waals surface area contributed by atoms with Gasteiger partial charge in [0.2, 0.25) is 5.91 Å². The highest BCUT2D eigenvalue weighted by atomic mass is 35.5. The van der Waals surface area contributed by atoms with Gasteiger partial charge in [-0.15, -0.1) is 0 Å². The van der Waals surface area contributed by atoms with Crippen molar-refractivity contribution in [1.82, 2.24) is 4.98 Å². The van der Waals surface area contributed by atoms with E-state index < -0.39 is 0 Å². The van der Waals surface area contributed by atoms with Gasteiger partial charge >= 0.3 is 0 Å². The van der Waals surface area contributed by atoms with Crippen LogP contribution in [0.1, 0.15) is 23.6 Å². The standard InChI is InChI=1S/C20H19ClN2O3/c1-11(7-18(24)23-17-6-5-14(21)9-22-17)15-8-16-12(2)10-26-20(16)13(3)19(15)25-4/h5-10H,1-4H3,(H,22,23,24)/b11-7+. The molecule has 0 saturated heterocycles. The Bertz CT molecular complexity index is 1000. The number of allylic oxidation sites excluding steroid dienone is 1. The minimum absolute atomic E-state index is 0.277. The topological polar surface area (TPSA) is 64.4 Å². The molecule has 3 rings (SSSR count). The Morgan fingerprint density at radius 2 is 2.12 bits per heavy atom. The largest absolute Gasteiger partial charge is 0.496 e. The third kappa shape index (κ3) is 3.44. The molecule has 6 heteroatoms. The molecular formula is C20H19ClN2O3. The number of hydrogen-bond donors (Lipinski definition) is 1. The van der Waals surface area contributed by atoms with Gasteiger partial charge in [0.1, 0.15) is 17.2 Å². The second kappa shape index (κ2) is 7.22. The lowest BCUT2D eigenvalue weighted by molar-refractivity contribution is -0.111. The Labute approximate surface area is 156 Å². The van der Waals surface area contributed by atoms with Gasteiger partial charge in [-0.25, -0.2) is 4.98 Å². The van der Waals surface area contributed by atoms with Crippen LogP contribution >= 0.6 is 11.6 Å². The molecule has 26 heavy (non-hydrogen) atoms. The number of furan rings is 1. The van der Waals surface area contributed by atoms with Crippen LogP contribution in [0.3, 0.4) is 0 Å². The highest BCUT2D eigenvalue weighted by molar-refractivity contribution is 6.30. The van der Waals surface area contributed by atoms with Crippen molar-refractivity contribution in [1.29, 1.82) is 0 Å². The van der Waals surface area contributed by atoms with Crippen molar-refractivity contribution in [2.75, 3.05) is 12.4 Å². The molecule has 0 aliphatic carbocycles. The highest BCUT2D eigenvalue weighted by Gasteiger charge is 2.16. The number of carbonyl (C=O) groups is 1. The molecule has 0 aliphatic rings. The van der Waals surface area contributed by atoms with Gasteiger partial charge in [-0.2, -0.15) is 0 Å². The van der Waals surface area contributed by atoms with E-state index in [1.54, 1.807) is 25.5 Å². The van der Waals surface area contributed by atoms with Crippen LogP contribution in [0.5, 0.6) is 5.75 Å². The molecule has 0 aliphatic heterocycles. The van der Waals surface area contributed by atoms with Crippen LogP contribution in [0.25, 0.3) is 16.5 Å². The predicted molar refractivity (Wildman–Crippen MR) is 104 cm³/mol. The van der Waals surface area contributed by atoms with E-state index in [1.807, 2.05) is 26.8 Å². The number of nitrogens with zero attached hydrogens (tertiary/aromatic N) is 1. The number of hydrogen-bond acceptors (Lipinski definition) is 4. The molecule has 0 unspecified atom stereocenters. The van der Waals surface area contributed by atoms with Crippen LogP contribution in [0.15, 0.2) is 41.2 Å². The molecular weight excluding hydrogens is 352 g/mol. The van der Waals surface area contributed by atoms with Gasteiger partial charge in [0, 0.05) is 28.8 Å². The van der Waals surface area contributed by atoms with Crippen LogP contribution < -0.4 is 10.1 Å². The van der Waals surface area contributed by atoms with Crippen molar-refractivity contribution in [3.63, 3.8) is 0 Å². The Hall–Kier alpha value is -2.79. The van der Waals surface area contributed by atoms with E-state index in [9.17, 15) is 4.79 Å². The Balaban J connectivity index is 1.96. The van der Waals surface area contributed by atoms with E-state index in [1.165, 1.54) is 12.3 Å². The first-order chi connectivity index (χ1) is 12.4. The minimum Gasteiger partial charge on any atom is -0.496 e. The summed E-state index contributed by atoms with van der Waals surface area (Å²) in [6.07, 6.45) is 4.73. The quantitative estimate of drug-likeness (QED) is 0.645. The normalized spacial score (nSPS) is 11.7. The van der Waals surface area contributed by atoms with Crippen molar-refractivity contribution in [2.45, 2.75) is 20.8 Å². The van der Waals surface area contributed by atoms with E-state index in [2.05, 4.69) is 10.3 Å². The lowest BCUT2D eigenvalue weighted by atomic mass is 9.98. The molecule has 0 spiro atoms. The fraction of sp³-hybridized carbons (Fsp3) is 0.200. The summed E-state index contributed by atoms with van der Waals surface area (Å²) in [5.41, 5.74) is 4.36. The maximum absolute atomic E-state index is 12.3. The smallest absolute Gasteiger partial charge is 0.249 e. The number of amides is 1. The zero-order chi connectivity index (χ0) is 18.8. The molecule has 0 bridgehead atoms. The molecule has 3 aromatic rings. The van der Waals surface area contributed by atoms with E-state index >= 15 is 0 Å². The number of rotatable bonds is 4. The summed E-state index contributed by atoms with van der Waals surface area (Å²) in [7, 11) is 1.61. The van der Waals surface area contributed by atoms with Crippen LogP contribution in [0.4, 0.5) is 5.82 Å². The second-order valence-corrected chi connectivity index (χ2v) is 6.49. The summed E-state index contributed by atoms with van der Waals surface area (Å²) in [6, 6.07) is 5.30. The number of aromatic nitrogens is 1. The zero-order valence-corrected chi connectivity index (χ0v) is 15.8. The summed E-state index contributed by atoms with van der Waals surface area (Å²) < 4.78 is 11.2. The lowest BCUT2D eigenvalue weighted by Gasteiger charge is -2.13. The number of methoxy groups -OCH3 is 1. The summed E-state index contributed by atoms with van der Waals surface area (Å²) >= 11 is 5.80. The van der Waals surface area contributed by atoms with Gasteiger partial charge in [-0.3, -0.25) is 4.79 Å². The average molecular weight is 371 g/mol. The molecule has 1 N–H and O–H groups in total. The maximum Gasteiger partial charge on any atom is 0.249 e. The Kier molecular flexibility index (Phi) is 5.00. The summed E-state index contributed by atoms with van der Waals surface area (Å²) in [5, 5.41) is 4.24. The SMILES string of the molecule is COc1c(/C(C)=C/C(=O)Nc2ccc(Cl)cn2)cc2c(C)coc2c1C. The molecule has 1 amide bonds. The molecule has 134 valence electrons. The second-order valence-electron chi connectivity index (χ2n) is 6.06. The van der Waals surface area contributed by atoms with Crippen LogP contribution in [0, 0.1) is 13.8 Å². The molecule has 0 radical (unpaired) electrons. The van der Waals surface area contributed by atoms with Gasteiger partial charge in [0.15, 0.2) is 0 Å². The van der Waals surface area contributed by atoms with Crippen LogP contribution in [-0.2, 0) is 4.79 Å². The fourth-order valence-electron chi connectivity index (χ4n) is 2.88. The predicted octanol–water partition coefficient (Wildman–Crippen LogP) is 5.15. The molecule has 0 atom stereocenters. The first-order valence-corrected chi connectivity index (χ1v) is 8.45. The third-order valence-electron chi connectivity index (χ3n) is 4.19. The van der Waals surface area contributed by atoms with E-state index in [4.69, 9.17) is 20.8 Å². The van der Waals surface area contributed by atoms with Gasteiger partial charge in [-0.05, 0) is 50.1 Å². The molecule has 0 saturated carbocycles. The van der Waals surface area contributed by atoms with E-state index in [0.717, 1.165) is 33.2 Å². The van der Waals surface area contributed by atoms with Crippen molar-refractivity contribution in [3.8, 4) is 5.75 Å². The number of fused-ring (bicyclic) bond motifs is 1. The molecule has 2 heterocycles. The number of ether oxygens (including phenoxy) is 1. The van der Waals surface area contributed by atoms with Crippen molar-refractivity contribution in [2.24, 2.45) is 0 Å². The first-order valence-electron chi connectivity index (χ1n) is 8.07. The number of anilines is 1. The fourth-order valence-corrected chi connectivity index (χ4v) is 2.99. The minimum atomic E-state index is -0.277. The Morgan fingerprint density at radius 3 is 2.77 bits per heavy atom. The molecule has 1 aromatic carbocycles. The number of benzene rings is 1. The summed E-state index contributed by atoms with van der Waals surface area (Å²) in [4.78, 5) is 16.4. The van der Waals surface area contributed by atoms with Gasteiger partial charge in [0.05, 0.1) is 18.4 Å². The number of pyridine rings is 1. The number of nitrogens with one attached hydrogen (secondary N) is 1. The molecule has 5 nitrogen and oxygen atoms in total. The monoisotopic (exact) mass is 370 g/mol. The van der Waals surface area contributed by atoms with Gasteiger partial charge in [-0.1, -0.05) is 11.6 Å². The number of halogens is 1. The van der Waals surface area contributed by atoms with Crippen molar-refractivity contribution >= 4 is 39.9 Å². The van der Waals surface area contributed by atoms with Crippen LogP contribution in [-0.4, -0.2) is 18.0 Å². The van der Waals surface area contributed by atoms with Crippen molar-refractivity contribution < 1.29 is 13.9 Å². The van der Waals surface area contributed by atoms with E-state index in [-0.39, 0.29) is 5.91 Å². The first kappa shape index (κ1) is 18.0. The Morgan fingerprint density at radius 1 is 1.35 bits per heavy atom. The third-order valence-corrected chi connectivity index (χ3v) is 4.42.